The monoisotopic (exact) mass is 381 g/mol. The standard InChI is InChI=1S/C20H31NO4S/c1-21(12-13-22)16-8-10-17(11-9-16)25-19(23)20(24,15-5-2-3-6-15)18-7-4-14-26-18/h4,7,14-17,22,24H,2-3,5-6,8-13H2,1H3/t16?,17?,20-/m1/s1. The van der Waals surface area contributed by atoms with Crippen LogP contribution in [0.2, 0.25) is 0 Å². The Morgan fingerprint density at radius 3 is 2.54 bits per heavy atom. The third kappa shape index (κ3) is 4.14. The lowest BCUT2D eigenvalue weighted by Crippen LogP contribution is -2.45. The summed E-state index contributed by atoms with van der Waals surface area (Å²) in [7, 11) is 2.03. The molecule has 5 nitrogen and oxygen atoms in total. The minimum absolute atomic E-state index is 0.0410. The van der Waals surface area contributed by atoms with Crippen LogP contribution in [0.1, 0.15) is 56.2 Å². The smallest absolute Gasteiger partial charge is 0.344 e. The minimum Gasteiger partial charge on any atom is -0.460 e. The Kier molecular flexibility index (Phi) is 6.72. The lowest BCUT2D eigenvalue weighted by atomic mass is 9.84. The van der Waals surface area contributed by atoms with Crippen LogP contribution in [0.4, 0.5) is 0 Å². The third-order valence-corrected chi connectivity index (χ3v) is 7.14. The molecule has 0 unspecified atom stereocenters. The predicted molar refractivity (Wildman–Crippen MR) is 102 cm³/mol. The van der Waals surface area contributed by atoms with E-state index >= 15 is 0 Å². The van der Waals surface area contributed by atoms with Gasteiger partial charge in [0, 0.05) is 23.4 Å². The number of aliphatic hydroxyl groups is 2. The highest BCUT2D eigenvalue weighted by atomic mass is 32.1. The first-order valence-corrected chi connectivity index (χ1v) is 10.7. The largest absolute Gasteiger partial charge is 0.460 e. The van der Waals surface area contributed by atoms with E-state index in [4.69, 9.17) is 9.84 Å². The number of carbonyl (C=O) groups is 1. The van der Waals surface area contributed by atoms with Crippen molar-refractivity contribution in [1.82, 2.24) is 4.90 Å². The predicted octanol–water partition coefficient (Wildman–Crippen LogP) is 2.90. The van der Waals surface area contributed by atoms with Gasteiger partial charge in [-0.2, -0.15) is 0 Å². The zero-order valence-electron chi connectivity index (χ0n) is 15.6. The van der Waals surface area contributed by atoms with Gasteiger partial charge in [-0.25, -0.2) is 4.79 Å². The quantitative estimate of drug-likeness (QED) is 0.711. The molecule has 6 heteroatoms. The van der Waals surface area contributed by atoms with Gasteiger partial charge in [-0.3, -0.25) is 0 Å². The molecule has 3 rings (SSSR count). The molecular weight excluding hydrogens is 350 g/mol. The molecule has 1 heterocycles. The van der Waals surface area contributed by atoms with Gasteiger partial charge in [-0.05, 0) is 57.0 Å². The van der Waals surface area contributed by atoms with Crippen molar-refractivity contribution in [3.63, 3.8) is 0 Å². The van der Waals surface area contributed by atoms with Crippen LogP contribution in [-0.4, -0.2) is 53.4 Å². The molecule has 1 atom stereocenters. The van der Waals surface area contributed by atoms with Gasteiger partial charge in [0.05, 0.1) is 6.61 Å². The van der Waals surface area contributed by atoms with E-state index in [0.717, 1.165) is 51.4 Å². The van der Waals surface area contributed by atoms with Gasteiger partial charge in [0.1, 0.15) is 6.10 Å². The van der Waals surface area contributed by atoms with Crippen molar-refractivity contribution < 1.29 is 19.7 Å². The van der Waals surface area contributed by atoms with Gasteiger partial charge in [0.15, 0.2) is 5.60 Å². The summed E-state index contributed by atoms with van der Waals surface area (Å²) in [6.07, 6.45) is 7.31. The van der Waals surface area contributed by atoms with Crippen molar-refractivity contribution >= 4 is 17.3 Å². The Bertz CT molecular complexity index is 564. The second-order valence-electron chi connectivity index (χ2n) is 7.77. The van der Waals surface area contributed by atoms with E-state index in [1.165, 1.54) is 11.3 Å². The first kappa shape index (κ1) is 19.8. The number of hydrogen-bond donors (Lipinski definition) is 2. The number of nitrogens with zero attached hydrogens (tertiary/aromatic N) is 1. The van der Waals surface area contributed by atoms with E-state index in [-0.39, 0.29) is 18.6 Å². The number of thiophene rings is 1. The molecule has 0 aromatic carbocycles. The summed E-state index contributed by atoms with van der Waals surface area (Å²) < 4.78 is 5.83. The Hall–Kier alpha value is -0.950. The number of carbonyl (C=O) groups excluding carboxylic acids is 1. The van der Waals surface area contributed by atoms with Crippen LogP contribution in [0.3, 0.4) is 0 Å². The van der Waals surface area contributed by atoms with Crippen LogP contribution >= 0.6 is 11.3 Å². The molecule has 0 amide bonds. The molecule has 0 aliphatic heterocycles. The first-order valence-electron chi connectivity index (χ1n) is 9.84. The fourth-order valence-electron chi connectivity index (χ4n) is 4.49. The topological polar surface area (TPSA) is 70.0 Å². The fraction of sp³-hybridized carbons (Fsp3) is 0.750. The van der Waals surface area contributed by atoms with Crippen LogP contribution in [-0.2, 0) is 15.1 Å². The second-order valence-corrected chi connectivity index (χ2v) is 8.71. The van der Waals surface area contributed by atoms with E-state index in [1.54, 1.807) is 0 Å². The summed E-state index contributed by atoms with van der Waals surface area (Å²) in [5, 5.41) is 22.4. The van der Waals surface area contributed by atoms with Crippen LogP contribution in [0.25, 0.3) is 0 Å². The summed E-state index contributed by atoms with van der Waals surface area (Å²) in [6.45, 7) is 0.843. The van der Waals surface area contributed by atoms with Crippen molar-refractivity contribution in [2.75, 3.05) is 20.2 Å². The molecule has 0 spiro atoms. The summed E-state index contributed by atoms with van der Waals surface area (Å²) in [4.78, 5) is 15.9. The van der Waals surface area contributed by atoms with Crippen LogP contribution in [0.5, 0.6) is 0 Å². The highest BCUT2D eigenvalue weighted by Crippen LogP contribution is 2.43. The molecule has 2 fully saturated rings. The molecule has 146 valence electrons. The van der Waals surface area contributed by atoms with Gasteiger partial charge >= 0.3 is 5.97 Å². The lowest BCUT2D eigenvalue weighted by molar-refractivity contribution is -0.180. The highest BCUT2D eigenvalue weighted by Gasteiger charge is 2.49. The fourth-order valence-corrected chi connectivity index (χ4v) is 5.38. The number of rotatable bonds is 7. The zero-order chi connectivity index (χ0) is 18.6. The van der Waals surface area contributed by atoms with Crippen molar-refractivity contribution in [2.45, 2.75) is 69.1 Å². The maximum atomic E-state index is 13.0. The van der Waals surface area contributed by atoms with E-state index in [0.29, 0.717) is 17.5 Å². The molecule has 1 aromatic rings. The van der Waals surface area contributed by atoms with Gasteiger partial charge in [-0.1, -0.05) is 18.9 Å². The zero-order valence-corrected chi connectivity index (χ0v) is 16.4. The van der Waals surface area contributed by atoms with E-state index in [1.807, 2.05) is 24.6 Å². The molecule has 2 aliphatic rings. The number of aliphatic hydroxyl groups excluding tert-OH is 1. The minimum atomic E-state index is -1.49. The Labute approximate surface area is 160 Å². The van der Waals surface area contributed by atoms with Crippen molar-refractivity contribution in [1.29, 1.82) is 0 Å². The molecule has 0 radical (unpaired) electrons. The number of ether oxygens (including phenoxy) is 1. The third-order valence-electron chi connectivity index (χ3n) is 6.15. The van der Waals surface area contributed by atoms with E-state index in [9.17, 15) is 9.90 Å². The molecule has 26 heavy (non-hydrogen) atoms. The summed E-state index contributed by atoms with van der Waals surface area (Å²) in [5.41, 5.74) is -1.49. The van der Waals surface area contributed by atoms with Gasteiger partial charge < -0.3 is 19.8 Å². The molecule has 0 saturated heterocycles. The first-order chi connectivity index (χ1) is 12.6. The van der Waals surface area contributed by atoms with Crippen LogP contribution < -0.4 is 0 Å². The molecule has 1 aromatic heterocycles. The molecule has 2 N–H and O–H groups in total. The molecule has 2 aliphatic carbocycles. The average molecular weight is 382 g/mol. The lowest BCUT2D eigenvalue weighted by Gasteiger charge is -2.36. The van der Waals surface area contributed by atoms with E-state index in [2.05, 4.69) is 4.90 Å². The summed E-state index contributed by atoms with van der Waals surface area (Å²) >= 11 is 1.44. The Morgan fingerprint density at radius 2 is 1.96 bits per heavy atom. The van der Waals surface area contributed by atoms with Crippen molar-refractivity contribution in [3.05, 3.63) is 22.4 Å². The summed E-state index contributed by atoms with van der Waals surface area (Å²) in [5.74, 6) is -0.500. The van der Waals surface area contributed by atoms with Crippen molar-refractivity contribution in [2.24, 2.45) is 5.92 Å². The number of likely N-dealkylation sites (N-methyl/N-ethyl adjacent to an activating group) is 1. The molecule has 0 bridgehead atoms. The SMILES string of the molecule is CN(CCO)C1CCC(OC(=O)[C@](O)(c2cccs2)C2CCCC2)CC1. The van der Waals surface area contributed by atoms with E-state index < -0.39 is 11.6 Å². The molecular formula is C20H31NO4S. The van der Waals surface area contributed by atoms with Gasteiger partial charge in [0.25, 0.3) is 0 Å². The van der Waals surface area contributed by atoms with Crippen LogP contribution in [0, 0.1) is 5.92 Å². The summed E-state index contributed by atoms with van der Waals surface area (Å²) in [6, 6.07) is 4.17. The van der Waals surface area contributed by atoms with Crippen molar-refractivity contribution in [3.8, 4) is 0 Å². The Morgan fingerprint density at radius 1 is 1.27 bits per heavy atom. The number of hydrogen-bond acceptors (Lipinski definition) is 6. The number of esters is 1. The van der Waals surface area contributed by atoms with Crippen LogP contribution in [0.15, 0.2) is 17.5 Å². The maximum absolute atomic E-state index is 13.0. The maximum Gasteiger partial charge on any atom is 0.344 e. The second kappa shape index (κ2) is 8.83. The molecule has 2 saturated carbocycles. The normalized spacial score (nSPS) is 26.8. The van der Waals surface area contributed by atoms with Gasteiger partial charge in [0.2, 0.25) is 0 Å². The highest BCUT2D eigenvalue weighted by molar-refractivity contribution is 7.10. The average Bonchev–Trinajstić information content (AvgIpc) is 3.36. The Balaban J connectivity index is 1.62. The van der Waals surface area contributed by atoms with Gasteiger partial charge in [-0.15, -0.1) is 11.3 Å².